The van der Waals surface area contributed by atoms with Crippen LogP contribution in [0.25, 0.3) is 10.8 Å². The molecular weight excluding hydrogens is 1150 g/mol. The molecule has 4 aromatic carbocycles. The number of ether oxygens (including phenoxy) is 3. The number of methoxy groups -OCH3 is 1. The van der Waals surface area contributed by atoms with Gasteiger partial charge in [-0.25, -0.2) is 14.3 Å². The molecule has 0 radical (unpaired) electrons. The van der Waals surface area contributed by atoms with Gasteiger partial charge in [0.2, 0.25) is 17.7 Å². The molecule has 21 heteroatoms. The zero-order chi connectivity index (χ0) is 63.5. The molecule has 5 heterocycles. The maximum Gasteiger partial charge on any atom is 0.411 e. The molecule has 1 saturated carbocycles. The number of carbonyl (C=O) groups excluding carboxylic acids is 6. The number of likely N-dealkylation sites (tertiary alicyclic amines) is 2. The molecule has 5 fully saturated rings. The summed E-state index contributed by atoms with van der Waals surface area (Å²) < 4.78 is 32.3. The van der Waals surface area contributed by atoms with Crippen LogP contribution in [0, 0.1) is 17.7 Å². The highest BCUT2D eigenvalue weighted by Gasteiger charge is 2.38. The average Bonchev–Trinajstić information content (AvgIpc) is 1.33. The van der Waals surface area contributed by atoms with Crippen LogP contribution >= 0.6 is 0 Å². The van der Waals surface area contributed by atoms with Gasteiger partial charge in [0, 0.05) is 120 Å². The van der Waals surface area contributed by atoms with Gasteiger partial charge < -0.3 is 44.0 Å². The zero-order valence-electron chi connectivity index (χ0n) is 53.0. The number of aromatic nitrogens is 2. The second-order valence-electron chi connectivity index (χ2n) is 26.0. The van der Waals surface area contributed by atoms with Crippen LogP contribution in [-0.2, 0) is 32.1 Å². The lowest BCUT2D eigenvalue weighted by Crippen LogP contribution is -2.55. The minimum atomic E-state index is -0.783. The Bertz CT molecular complexity index is 3420. The lowest BCUT2D eigenvalue weighted by molar-refractivity contribution is -0.137. The van der Waals surface area contributed by atoms with Crippen LogP contribution in [0.15, 0.2) is 89.7 Å². The van der Waals surface area contributed by atoms with Gasteiger partial charge in [-0.3, -0.25) is 38.6 Å². The number of piperazine rings is 2. The Labute approximate surface area is 527 Å². The molecular formula is C69H89FN10O10. The zero-order valence-corrected chi connectivity index (χ0v) is 53.0. The van der Waals surface area contributed by atoms with E-state index in [1.165, 1.54) is 11.0 Å². The number of nitrogens with one attached hydrogen (secondary N) is 2. The van der Waals surface area contributed by atoms with Crippen molar-refractivity contribution in [3.8, 4) is 11.5 Å². The van der Waals surface area contributed by atoms with E-state index < -0.39 is 29.5 Å². The molecule has 5 aliphatic rings. The number of benzene rings is 4. The fourth-order valence-electron chi connectivity index (χ4n) is 13.5. The Morgan fingerprint density at radius 2 is 1.46 bits per heavy atom. The van der Waals surface area contributed by atoms with Gasteiger partial charge in [0.15, 0.2) is 0 Å². The first kappa shape index (κ1) is 65.1. The van der Waals surface area contributed by atoms with E-state index in [0.717, 1.165) is 96.1 Å². The summed E-state index contributed by atoms with van der Waals surface area (Å²) >= 11 is 0. The fraction of sp³-hybridized carbons (Fsp3) is 0.536. The van der Waals surface area contributed by atoms with E-state index in [-0.39, 0.29) is 59.7 Å². The molecule has 20 nitrogen and oxygen atoms in total. The highest BCUT2D eigenvalue weighted by Crippen LogP contribution is 2.33. The van der Waals surface area contributed by atoms with Crippen molar-refractivity contribution in [3.05, 3.63) is 135 Å². The van der Waals surface area contributed by atoms with Crippen molar-refractivity contribution < 1.29 is 47.4 Å². The summed E-state index contributed by atoms with van der Waals surface area (Å²) in [7, 11) is 1.58. The fourth-order valence-corrected chi connectivity index (χ4v) is 13.5. The average molecular weight is 1240 g/mol. The van der Waals surface area contributed by atoms with E-state index in [1.54, 1.807) is 85.0 Å². The third kappa shape index (κ3) is 16.5. The number of halogens is 1. The highest BCUT2D eigenvalue weighted by atomic mass is 19.1. The molecule has 0 spiro atoms. The van der Waals surface area contributed by atoms with Gasteiger partial charge in [-0.2, -0.15) is 5.10 Å². The molecule has 1 aliphatic carbocycles. The van der Waals surface area contributed by atoms with E-state index in [9.17, 15) is 33.6 Å². The predicted molar refractivity (Wildman–Crippen MR) is 340 cm³/mol. The standard InChI is InChI=1S/C69H89FN10O10/c1-6-89-60-41-54(88-5)23-22-53(60)44-80(68(87)90-69(2,3)4)46-62(82)79-27-13-18-52(43-79)50-16-12-17-51(40-50)64(83)71-63(49-14-8-7-9-15-49)67(86)77-28-25-47(26-29-77)42-74-30-32-75(33-31-74)45-61(81)76-34-36-78(37-35-76)66(85)57-38-48(21-24-58(57)70)39-59-55-19-10-11-20-56(55)65(84)73-72-59/h10-12,16-17,19-24,38,40-41,47,49,52,63H,6-9,13-15,18,25-37,39,42-46H2,1-5H3,(H,71,83)(H,73,84)/t52-,63+/m0/s1. The second-order valence-corrected chi connectivity index (χ2v) is 26.0. The number of fused-ring (bicyclic) bond motifs is 1. The van der Waals surface area contributed by atoms with Crippen LogP contribution < -0.4 is 20.3 Å². The Morgan fingerprint density at radius 1 is 0.733 bits per heavy atom. The maximum atomic E-state index is 15.2. The minimum Gasteiger partial charge on any atom is -0.497 e. The van der Waals surface area contributed by atoms with Crippen molar-refractivity contribution in [2.45, 2.75) is 116 Å². The summed E-state index contributed by atoms with van der Waals surface area (Å²) in [5.74, 6) is 0.0671. The van der Waals surface area contributed by atoms with E-state index in [1.807, 2.05) is 48.2 Å². The number of aromatic amines is 1. The Hall–Kier alpha value is -7.91. The van der Waals surface area contributed by atoms with Crippen molar-refractivity contribution in [2.24, 2.45) is 11.8 Å². The van der Waals surface area contributed by atoms with Crippen molar-refractivity contribution in [1.82, 2.24) is 49.8 Å². The van der Waals surface area contributed by atoms with Gasteiger partial charge in [0.1, 0.15) is 35.5 Å². The Balaban J connectivity index is 0.672. The predicted octanol–water partition coefficient (Wildman–Crippen LogP) is 7.72. The lowest BCUT2D eigenvalue weighted by atomic mass is 9.82. The van der Waals surface area contributed by atoms with Gasteiger partial charge >= 0.3 is 6.09 Å². The van der Waals surface area contributed by atoms with Crippen LogP contribution in [-0.4, -0.2) is 204 Å². The normalized spacial score (nSPS) is 18.7. The van der Waals surface area contributed by atoms with Gasteiger partial charge in [0.25, 0.3) is 17.4 Å². The maximum absolute atomic E-state index is 15.2. The summed E-state index contributed by atoms with van der Waals surface area (Å²) in [5.41, 5.74) is 2.33. The first-order valence-electron chi connectivity index (χ1n) is 32.4. The van der Waals surface area contributed by atoms with Crippen molar-refractivity contribution in [1.29, 1.82) is 0 Å². The van der Waals surface area contributed by atoms with E-state index in [4.69, 9.17) is 14.2 Å². The van der Waals surface area contributed by atoms with Crippen LogP contribution in [0.1, 0.15) is 135 Å². The first-order valence-corrected chi connectivity index (χ1v) is 32.4. The van der Waals surface area contributed by atoms with Crippen LogP contribution in [0.2, 0.25) is 0 Å². The quantitative estimate of drug-likeness (QED) is 0.0812. The number of H-pyrrole nitrogens is 1. The number of hydrogen-bond acceptors (Lipinski definition) is 13. The third-order valence-electron chi connectivity index (χ3n) is 18.6. The highest BCUT2D eigenvalue weighted by molar-refractivity contribution is 5.98. The van der Waals surface area contributed by atoms with E-state index in [2.05, 4.69) is 25.3 Å². The van der Waals surface area contributed by atoms with Crippen molar-refractivity contribution in [2.75, 3.05) is 112 Å². The molecule has 4 aliphatic heterocycles. The SMILES string of the molecule is CCOc1cc(OC)ccc1CN(CC(=O)N1CCC[C@H](c2cccc(C(=O)N[C@@H](C(=O)N3CCC(CN4CCN(CC(=O)N5CCN(C(=O)c6cc(Cc7n[nH]c(=O)c8ccccc78)ccc6F)CC5)CC4)CC3)C3CCCCC3)c2)C1)C(=O)OC(C)(C)C. The number of piperidine rings is 2. The molecule has 10 rings (SSSR count). The molecule has 2 N–H and O–H groups in total. The van der Waals surface area contributed by atoms with Crippen LogP contribution in [0.5, 0.6) is 11.5 Å². The summed E-state index contributed by atoms with van der Waals surface area (Å²) in [4.78, 5) is 110. The summed E-state index contributed by atoms with van der Waals surface area (Å²) in [6.45, 7) is 15.5. The number of carbonyl (C=O) groups is 6. The lowest BCUT2D eigenvalue weighted by Gasteiger charge is -2.41. The van der Waals surface area contributed by atoms with Crippen molar-refractivity contribution in [3.63, 3.8) is 0 Å². The first-order chi connectivity index (χ1) is 43.4. The smallest absolute Gasteiger partial charge is 0.411 e. The molecule has 5 aromatic rings. The van der Waals surface area contributed by atoms with Gasteiger partial charge in [0.05, 0.1) is 43.4 Å². The summed E-state index contributed by atoms with van der Waals surface area (Å²) in [5, 5.41) is 11.2. The minimum absolute atomic E-state index is 0.00889. The molecule has 2 atom stereocenters. The van der Waals surface area contributed by atoms with Gasteiger partial charge in [-0.05, 0) is 132 Å². The van der Waals surface area contributed by atoms with Crippen LogP contribution in [0.3, 0.4) is 0 Å². The Morgan fingerprint density at radius 3 is 2.18 bits per heavy atom. The summed E-state index contributed by atoms with van der Waals surface area (Å²) in [6, 6.07) is 24.0. The van der Waals surface area contributed by atoms with Gasteiger partial charge in [-0.1, -0.05) is 55.7 Å². The monoisotopic (exact) mass is 1240 g/mol. The van der Waals surface area contributed by atoms with Crippen molar-refractivity contribution >= 4 is 46.4 Å². The number of rotatable bonds is 19. The number of nitrogens with zero attached hydrogens (tertiary/aromatic N) is 8. The van der Waals surface area contributed by atoms with E-state index in [0.29, 0.717) is 123 Å². The largest absolute Gasteiger partial charge is 0.497 e. The van der Waals surface area contributed by atoms with Crippen LogP contribution in [0.4, 0.5) is 9.18 Å². The summed E-state index contributed by atoms with van der Waals surface area (Å²) in [6.07, 6.45) is 7.91. The van der Waals surface area contributed by atoms with E-state index >= 15 is 4.39 Å². The third-order valence-corrected chi connectivity index (χ3v) is 18.6. The molecule has 4 saturated heterocycles. The molecule has 482 valence electrons. The molecule has 1 aromatic heterocycles. The Kier molecular flexibility index (Phi) is 21.5. The van der Waals surface area contributed by atoms with Gasteiger partial charge in [-0.15, -0.1) is 0 Å². The topological polar surface area (TPSA) is 211 Å². The molecule has 0 unspecified atom stereocenters. The number of hydrogen-bond donors (Lipinski definition) is 2. The molecule has 90 heavy (non-hydrogen) atoms. The number of amides is 6. The molecule has 0 bridgehead atoms. The molecule has 6 amide bonds. The second kappa shape index (κ2) is 29.8.